The summed E-state index contributed by atoms with van der Waals surface area (Å²) in [4.78, 5) is 22.7. The first-order valence-electron chi connectivity index (χ1n) is 5.97. The lowest BCUT2D eigenvalue weighted by Gasteiger charge is -2.08. The molecule has 2 rings (SSSR count). The van der Waals surface area contributed by atoms with Crippen molar-refractivity contribution in [1.29, 1.82) is 0 Å². The molecule has 0 spiro atoms. The molecule has 0 aliphatic rings. The number of aromatic nitrogens is 4. The minimum absolute atomic E-state index is 0.000243. The van der Waals surface area contributed by atoms with Crippen LogP contribution in [0.2, 0.25) is 0 Å². The molecule has 9 nitrogen and oxygen atoms in total. The molecule has 0 aliphatic carbocycles. The molecule has 1 aromatic heterocycles. The third kappa shape index (κ3) is 4.56. The van der Waals surface area contributed by atoms with E-state index in [1.54, 1.807) is 24.3 Å². The number of tetrazole rings is 1. The molecular formula is C12H13N5O4. The first kappa shape index (κ1) is 14.4. The SMILES string of the molecule is COC(=O)COc1cccc(NC(=O)Cn2cnnn2)c1. The summed E-state index contributed by atoms with van der Waals surface area (Å²) in [5, 5.41) is 13.1. The Morgan fingerprint density at radius 2 is 2.24 bits per heavy atom. The third-order valence-corrected chi connectivity index (χ3v) is 2.40. The van der Waals surface area contributed by atoms with Crippen molar-refractivity contribution in [1.82, 2.24) is 20.2 Å². The zero-order valence-corrected chi connectivity index (χ0v) is 11.2. The number of methoxy groups -OCH3 is 1. The van der Waals surface area contributed by atoms with Gasteiger partial charge >= 0.3 is 5.97 Å². The Labute approximate surface area is 119 Å². The third-order valence-electron chi connectivity index (χ3n) is 2.40. The molecule has 0 saturated heterocycles. The zero-order chi connectivity index (χ0) is 15.1. The fraction of sp³-hybridized carbons (Fsp3) is 0.250. The number of anilines is 1. The van der Waals surface area contributed by atoms with Crippen molar-refractivity contribution < 1.29 is 19.1 Å². The van der Waals surface area contributed by atoms with Crippen LogP contribution in [0.5, 0.6) is 5.75 Å². The van der Waals surface area contributed by atoms with Gasteiger partial charge in [-0.05, 0) is 22.6 Å². The molecule has 9 heteroatoms. The van der Waals surface area contributed by atoms with E-state index in [0.29, 0.717) is 11.4 Å². The first-order chi connectivity index (χ1) is 10.2. The van der Waals surface area contributed by atoms with Gasteiger partial charge in [0.05, 0.1) is 7.11 Å². The number of amides is 1. The van der Waals surface area contributed by atoms with E-state index in [1.165, 1.54) is 18.1 Å². The molecule has 0 bridgehead atoms. The predicted octanol–water partition coefficient (Wildman–Crippen LogP) is -0.136. The minimum atomic E-state index is -0.483. The Balaban J connectivity index is 1.91. The van der Waals surface area contributed by atoms with Crippen LogP contribution < -0.4 is 10.1 Å². The number of hydrogen-bond acceptors (Lipinski definition) is 7. The number of carbonyl (C=O) groups excluding carboxylic acids is 2. The van der Waals surface area contributed by atoms with Crippen LogP contribution >= 0.6 is 0 Å². The molecule has 21 heavy (non-hydrogen) atoms. The Morgan fingerprint density at radius 3 is 2.95 bits per heavy atom. The summed E-state index contributed by atoms with van der Waals surface area (Å²) in [5.74, 6) is -0.323. The zero-order valence-electron chi connectivity index (χ0n) is 11.2. The van der Waals surface area contributed by atoms with Gasteiger partial charge in [-0.25, -0.2) is 9.48 Å². The molecule has 0 fully saturated rings. The molecule has 1 amide bonds. The van der Waals surface area contributed by atoms with Crippen LogP contribution in [0.3, 0.4) is 0 Å². The quantitative estimate of drug-likeness (QED) is 0.738. The maximum Gasteiger partial charge on any atom is 0.343 e. The van der Waals surface area contributed by atoms with E-state index in [0.717, 1.165) is 0 Å². The lowest BCUT2D eigenvalue weighted by Crippen LogP contribution is -2.19. The second-order valence-electron chi connectivity index (χ2n) is 3.95. The van der Waals surface area contributed by atoms with E-state index in [1.807, 2.05) is 0 Å². The van der Waals surface area contributed by atoms with Crippen molar-refractivity contribution in [2.24, 2.45) is 0 Å². The molecule has 1 N–H and O–H groups in total. The molecule has 110 valence electrons. The van der Waals surface area contributed by atoms with Crippen molar-refractivity contribution >= 4 is 17.6 Å². The average molecular weight is 291 g/mol. The molecule has 1 aromatic carbocycles. The summed E-state index contributed by atoms with van der Waals surface area (Å²) in [6.07, 6.45) is 1.34. The maximum absolute atomic E-state index is 11.8. The Hall–Kier alpha value is -2.97. The minimum Gasteiger partial charge on any atom is -0.482 e. The number of rotatable bonds is 6. The second-order valence-corrected chi connectivity index (χ2v) is 3.95. The normalized spacial score (nSPS) is 9.95. The summed E-state index contributed by atoms with van der Waals surface area (Å²) in [6, 6.07) is 6.65. The number of benzene rings is 1. The van der Waals surface area contributed by atoms with E-state index in [-0.39, 0.29) is 19.1 Å². The van der Waals surface area contributed by atoms with Gasteiger partial charge in [0, 0.05) is 11.8 Å². The smallest absolute Gasteiger partial charge is 0.343 e. The van der Waals surface area contributed by atoms with Gasteiger partial charge < -0.3 is 14.8 Å². The highest BCUT2D eigenvalue weighted by Crippen LogP contribution is 2.17. The van der Waals surface area contributed by atoms with Gasteiger partial charge in [0.2, 0.25) is 5.91 Å². The summed E-state index contributed by atoms with van der Waals surface area (Å²) in [7, 11) is 1.28. The Bertz CT molecular complexity index is 614. The van der Waals surface area contributed by atoms with Crippen LogP contribution in [0.1, 0.15) is 0 Å². The van der Waals surface area contributed by atoms with Gasteiger partial charge in [-0.15, -0.1) is 5.10 Å². The topological polar surface area (TPSA) is 108 Å². The lowest BCUT2D eigenvalue weighted by atomic mass is 10.3. The van der Waals surface area contributed by atoms with E-state index < -0.39 is 5.97 Å². The molecule has 0 aliphatic heterocycles. The van der Waals surface area contributed by atoms with Gasteiger partial charge in [0.1, 0.15) is 18.6 Å². The first-order valence-corrected chi connectivity index (χ1v) is 5.97. The lowest BCUT2D eigenvalue weighted by molar-refractivity contribution is -0.142. The van der Waals surface area contributed by atoms with Crippen molar-refractivity contribution in [3.63, 3.8) is 0 Å². The fourth-order valence-electron chi connectivity index (χ4n) is 1.47. The highest BCUT2D eigenvalue weighted by molar-refractivity contribution is 5.90. The number of nitrogens with zero attached hydrogens (tertiary/aromatic N) is 4. The van der Waals surface area contributed by atoms with Gasteiger partial charge in [0.25, 0.3) is 0 Å². The van der Waals surface area contributed by atoms with Crippen molar-refractivity contribution in [2.75, 3.05) is 19.0 Å². The summed E-state index contributed by atoms with van der Waals surface area (Å²) in [6.45, 7) is -0.196. The number of nitrogens with one attached hydrogen (secondary N) is 1. The van der Waals surface area contributed by atoms with Gasteiger partial charge in [-0.1, -0.05) is 6.07 Å². The van der Waals surface area contributed by atoms with Crippen LogP contribution in [0, 0.1) is 0 Å². The number of ether oxygens (including phenoxy) is 2. The van der Waals surface area contributed by atoms with Crippen LogP contribution in [0.25, 0.3) is 0 Å². The fourth-order valence-corrected chi connectivity index (χ4v) is 1.47. The van der Waals surface area contributed by atoms with E-state index in [2.05, 4.69) is 25.6 Å². The van der Waals surface area contributed by atoms with E-state index >= 15 is 0 Å². The van der Waals surface area contributed by atoms with E-state index in [9.17, 15) is 9.59 Å². The maximum atomic E-state index is 11.8. The highest BCUT2D eigenvalue weighted by atomic mass is 16.6. The van der Waals surface area contributed by atoms with Crippen LogP contribution in [0.4, 0.5) is 5.69 Å². The molecule has 0 radical (unpaired) electrons. The standard InChI is InChI=1S/C12H13N5O4/c1-20-12(19)7-21-10-4-2-3-9(5-10)14-11(18)6-17-8-13-15-16-17/h2-5,8H,6-7H2,1H3,(H,14,18). The molecule has 1 heterocycles. The Morgan fingerprint density at radius 1 is 1.38 bits per heavy atom. The summed E-state index contributed by atoms with van der Waals surface area (Å²) < 4.78 is 11.0. The Kier molecular flexibility index (Phi) is 4.80. The second kappa shape index (κ2) is 6.98. The largest absolute Gasteiger partial charge is 0.482 e. The molecule has 0 saturated carbocycles. The molecule has 0 atom stereocenters. The monoisotopic (exact) mass is 291 g/mol. The van der Waals surface area contributed by atoms with Crippen molar-refractivity contribution in [3.8, 4) is 5.75 Å². The highest BCUT2D eigenvalue weighted by Gasteiger charge is 2.06. The van der Waals surface area contributed by atoms with E-state index in [4.69, 9.17) is 4.74 Å². The van der Waals surface area contributed by atoms with Gasteiger partial charge in [-0.3, -0.25) is 4.79 Å². The van der Waals surface area contributed by atoms with Crippen LogP contribution in [0.15, 0.2) is 30.6 Å². The average Bonchev–Trinajstić information content (AvgIpc) is 2.97. The van der Waals surface area contributed by atoms with Crippen LogP contribution in [-0.4, -0.2) is 45.8 Å². The number of carbonyl (C=O) groups is 2. The number of esters is 1. The van der Waals surface area contributed by atoms with Gasteiger partial charge in [-0.2, -0.15) is 0 Å². The van der Waals surface area contributed by atoms with Crippen molar-refractivity contribution in [3.05, 3.63) is 30.6 Å². The molecule has 2 aromatic rings. The van der Waals surface area contributed by atoms with Gasteiger partial charge in [0.15, 0.2) is 6.61 Å². The predicted molar refractivity (Wildman–Crippen MR) is 70.4 cm³/mol. The molecular weight excluding hydrogens is 278 g/mol. The summed E-state index contributed by atoms with van der Waals surface area (Å²) >= 11 is 0. The van der Waals surface area contributed by atoms with Crippen LogP contribution in [-0.2, 0) is 20.9 Å². The number of hydrogen-bond donors (Lipinski definition) is 1. The molecule has 0 unspecified atom stereocenters. The van der Waals surface area contributed by atoms with Crippen molar-refractivity contribution in [2.45, 2.75) is 6.54 Å². The summed E-state index contributed by atoms with van der Waals surface area (Å²) in [5.41, 5.74) is 0.537.